The lowest BCUT2D eigenvalue weighted by atomic mass is 10.1. The second-order valence-corrected chi connectivity index (χ2v) is 15.4. The minimum absolute atomic E-state index is 0.0303. The van der Waals surface area contributed by atoms with E-state index in [1.165, 1.54) is 32.1 Å². The Morgan fingerprint density at radius 2 is 0.966 bits per heavy atom. The summed E-state index contributed by atoms with van der Waals surface area (Å²) in [6, 6.07) is -0.632. The minimum Gasteiger partial charge on any atom is -0.477 e. The molecule has 8 heteroatoms. The lowest BCUT2D eigenvalue weighted by Gasteiger charge is -2.31. The Balaban J connectivity index is 4.52. The van der Waals surface area contributed by atoms with Crippen molar-refractivity contribution in [3.8, 4) is 0 Å². The zero-order valence-corrected chi connectivity index (χ0v) is 36.9. The van der Waals surface area contributed by atoms with Crippen LogP contribution in [0.15, 0.2) is 109 Å². The summed E-state index contributed by atoms with van der Waals surface area (Å²) in [7, 11) is 5.49. The fourth-order valence-electron chi connectivity index (χ4n) is 5.71. The van der Waals surface area contributed by atoms with Crippen LogP contribution < -0.4 is 0 Å². The smallest absolute Gasteiger partial charge is 0.362 e. The van der Waals surface area contributed by atoms with Gasteiger partial charge in [-0.3, -0.25) is 9.59 Å². The molecule has 2 unspecified atom stereocenters. The number of carboxylic acids is 1. The number of rotatable bonds is 37. The molecule has 2 atom stereocenters. The Bertz CT molecular complexity index is 1310. The Morgan fingerprint density at radius 3 is 1.47 bits per heavy atom. The number of esters is 2. The van der Waals surface area contributed by atoms with Gasteiger partial charge in [-0.1, -0.05) is 168 Å². The SMILES string of the molecule is CC/C=C/C=C/C=C/C=C/C=C/C=C/C=C/CCCCCC(=O)OC(COCCC(C(=O)O)[N+](C)(C)C)COC(=O)CCCCCCCC/C=C/C=C/CCCCC. The Morgan fingerprint density at radius 1 is 0.534 bits per heavy atom. The third kappa shape index (κ3) is 37.6. The summed E-state index contributed by atoms with van der Waals surface area (Å²) in [6.45, 7) is 4.47. The molecule has 58 heavy (non-hydrogen) atoms. The largest absolute Gasteiger partial charge is 0.477 e. The predicted octanol–water partition coefficient (Wildman–Crippen LogP) is 12.1. The lowest BCUT2D eigenvalue weighted by molar-refractivity contribution is -0.887. The number of unbranched alkanes of at least 4 members (excludes halogenated alkanes) is 12. The zero-order chi connectivity index (χ0) is 42.8. The number of allylic oxidation sites excluding steroid dienone is 18. The van der Waals surface area contributed by atoms with Crippen molar-refractivity contribution in [2.75, 3.05) is 41.0 Å². The van der Waals surface area contributed by atoms with Crippen LogP contribution in [0.3, 0.4) is 0 Å². The number of hydrogen-bond acceptors (Lipinski definition) is 6. The average molecular weight is 807 g/mol. The standard InChI is InChI=1S/C50H79NO7/c1-6-8-10-12-14-16-18-20-22-23-24-25-27-29-31-33-35-37-39-41-49(53)58-46(44-56-43-42-47(50(54)55)51(3,4)5)45-57-48(52)40-38-36-34-32-30-28-26-21-19-17-15-13-11-9-7-2/h8,10,12,14-25,27,29,31,46-47H,6-7,9,11,13,26,28,30,32-45H2,1-5H3/p+1/b10-8+,14-12+,17-15+,18-16+,21-19+,22-20+,24-23+,27-25+,31-29+. The first-order valence-electron chi connectivity index (χ1n) is 22.0. The normalized spacial score (nSPS) is 14.0. The highest BCUT2D eigenvalue weighted by atomic mass is 16.6. The van der Waals surface area contributed by atoms with Crippen molar-refractivity contribution >= 4 is 17.9 Å². The summed E-state index contributed by atoms with van der Waals surface area (Å²) in [6.07, 6.45) is 54.1. The maximum Gasteiger partial charge on any atom is 0.362 e. The molecule has 0 rings (SSSR count). The van der Waals surface area contributed by atoms with Gasteiger partial charge in [0.05, 0.1) is 34.4 Å². The van der Waals surface area contributed by atoms with E-state index in [9.17, 15) is 19.5 Å². The Labute approximate surface area is 353 Å². The molecule has 0 saturated carbocycles. The number of carbonyl (C=O) groups is 3. The molecule has 0 aliphatic rings. The summed E-state index contributed by atoms with van der Waals surface area (Å²) < 4.78 is 17.2. The molecule has 0 amide bonds. The van der Waals surface area contributed by atoms with Gasteiger partial charge in [0, 0.05) is 19.3 Å². The average Bonchev–Trinajstić information content (AvgIpc) is 3.18. The number of quaternary nitrogens is 1. The first-order valence-corrected chi connectivity index (χ1v) is 22.0. The van der Waals surface area contributed by atoms with E-state index < -0.39 is 18.1 Å². The number of carbonyl (C=O) groups excluding carboxylic acids is 2. The molecular weight excluding hydrogens is 727 g/mol. The topological polar surface area (TPSA) is 99.1 Å². The van der Waals surface area contributed by atoms with Gasteiger partial charge in [0.1, 0.15) is 6.61 Å². The fourth-order valence-corrected chi connectivity index (χ4v) is 5.71. The van der Waals surface area contributed by atoms with E-state index in [0.29, 0.717) is 19.3 Å². The van der Waals surface area contributed by atoms with Crippen molar-refractivity contribution in [1.82, 2.24) is 0 Å². The maximum absolute atomic E-state index is 12.7. The second kappa shape index (κ2) is 39.8. The van der Waals surface area contributed by atoms with Gasteiger partial charge in [-0.05, 0) is 57.8 Å². The number of likely N-dealkylation sites (N-methyl/N-ethyl adjacent to an activating group) is 1. The van der Waals surface area contributed by atoms with Crippen molar-refractivity contribution in [1.29, 1.82) is 0 Å². The van der Waals surface area contributed by atoms with Gasteiger partial charge in [-0.2, -0.15) is 0 Å². The fraction of sp³-hybridized carbons (Fsp3) is 0.580. The lowest BCUT2D eigenvalue weighted by Crippen LogP contribution is -2.50. The van der Waals surface area contributed by atoms with Crippen molar-refractivity contribution < 1.29 is 38.2 Å². The van der Waals surface area contributed by atoms with Gasteiger partial charge in [-0.15, -0.1) is 0 Å². The van der Waals surface area contributed by atoms with E-state index in [4.69, 9.17) is 14.2 Å². The van der Waals surface area contributed by atoms with Gasteiger partial charge in [0.2, 0.25) is 0 Å². The molecule has 8 nitrogen and oxygen atoms in total. The molecule has 0 aromatic carbocycles. The van der Waals surface area contributed by atoms with Crippen LogP contribution in [0.1, 0.15) is 136 Å². The monoisotopic (exact) mass is 807 g/mol. The van der Waals surface area contributed by atoms with E-state index in [2.05, 4.69) is 50.3 Å². The van der Waals surface area contributed by atoms with Crippen LogP contribution in [0.4, 0.5) is 0 Å². The predicted molar refractivity (Wildman–Crippen MR) is 242 cm³/mol. The Hall–Kier alpha value is -4.01. The van der Waals surface area contributed by atoms with Gasteiger partial charge in [-0.25, -0.2) is 4.79 Å². The van der Waals surface area contributed by atoms with Gasteiger partial charge in [0.25, 0.3) is 0 Å². The molecule has 0 aromatic rings. The van der Waals surface area contributed by atoms with Crippen LogP contribution in [-0.2, 0) is 28.6 Å². The third-order valence-electron chi connectivity index (χ3n) is 9.13. The molecule has 0 radical (unpaired) electrons. The van der Waals surface area contributed by atoms with Gasteiger partial charge >= 0.3 is 17.9 Å². The number of aliphatic carboxylic acids is 1. The summed E-state index contributed by atoms with van der Waals surface area (Å²) >= 11 is 0. The second-order valence-electron chi connectivity index (χ2n) is 15.4. The number of hydrogen-bond donors (Lipinski definition) is 1. The van der Waals surface area contributed by atoms with Gasteiger partial charge < -0.3 is 23.8 Å². The van der Waals surface area contributed by atoms with E-state index in [1.807, 2.05) is 94.1 Å². The maximum atomic E-state index is 12.7. The summed E-state index contributed by atoms with van der Waals surface area (Å²) in [5, 5.41) is 9.62. The van der Waals surface area contributed by atoms with E-state index >= 15 is 0 Å². The molecule has 0 aromatic heterocycles. The van der Waals surface area contributed by atoms with Crippen LogP contribution in [0.2, 0.25) is 0 Å². The molecule has 1 N–H and O–H groups in total. The number of carboxylic acid groups (broad SMARTS) is 1. The van der Waals surface area contributed by atoms with Crippen molar-refractivity contribution in [2.24, 2.45) is 0 Å². The molecule has 0 aliphatic carbocycles. The van der Waals surface area contributed by atoms with Crippen LogP contribution >= 0.6 is 0 Å². The number of ether oxygens (including phenoxy) is 3. The first-order chi connectivity index (χ1) is 28.1. The molecule has 326 valence electrons. The highest BCUT2D eigenvalue weighted by Crippen LogP contribution is 2.12. The minimum atomic E-state index is -0.891. The van der Waals surface area contributed by atoms with Crippen molar-refractivity contribution in [3.63, 3.8) is 0 Å². The molecule has 0 fully saturated rings. The quantitative estimate of drug-likeness (QED) is 0.0289. The molecule has 0 bridgehead atoms. The van der Waals surface area contributed by atoms with E-state index in [-0.39, 0.29) is 42.7 Å². The van der Waals surface area contributed by atoms with Crippen LogP contribution in [0.25, 0.3) is 0 Å². The first kappa shape index (κ1) is 54.0. The van der Waals surface area contributed by atoms with E-state index in [1.54, 1.807) is 0 Å². The van der Waals surface area contributed by atoms with Crippen LogP contribution in [-0.4, -0.2) is 80.6 Å². The highest BCUT2D eigenvalue weighted by Gasteiger charge is 2.31. The zero-order valence-electron chi connectivity index (χ0n) is 36.9. The van der Waals surface area contributed by atoms with Crippen molar-refractivity contribution in [3.05, 3.63) is 109 Å². The molecular formula is C50H80NO7+. The molecule has 0 saturated heterocycles. The van der Waals surface area contributed by atoms with Crippen molar-refractivity contribution in [2.45, 2.75) is 148 Å². The summed E-state index contributed by atoms with van der Waals surface area (Å²) in [5.41, 5.74) is 0. The number of nitrogens with zero attached hydrogens (tertiary/aromatic N) is 1. The Kier molecular flexibility index (Phi) is 37.0. The highest BCUT2D eigenvalue weighted by molar-refractivity contribution is 5.72. The molecule has 0 heterocycles. The van der Waals surface area contributed by atoms with Crippen LogP contribution in [0.5, 0.6) is 0 Å². The molecule has 0 aliphatic heterocycles. The van der Waals surface area contributed by atoms with Crippen LogP contribution in [0, 0.1) is 0 Å². The molecule has 0 spiro atoms. The summed E-state index contributed by atoms with van der Waals surface area (Å²) in [5.74, 6) is -1.56. The third-order valence-corrected chi connectivity index (χ3v) is 9.13. The van der Waals surface area contributed by atoms with E-state index in [0.717, 1.165) is 64.2 Å². The van der Waals surface area contributed by atoms with Gasteiger partial charge in [0.15, 0.2) is 12.1 Å². The summed E-state index contributed by atoms with van der Waals surface area (Å²) in [4.78, 5) is 37.0.